The molecule has 0 saturated heterocycles. The topological polar surface area (TPSA) is 75.7 Å². The molecule has 6 heteroatoms. The van der Waals surface area contributed by atoms with Gasteiger partial charge in [-0.1, -0.05) is 0 Å². The maximum absolute atomic E-state index is 9.86. The molecule has 116 valence electrons. The Morgan fingerprint density at radius 1 is 0.875 bits per heavy atom. The van der Waals surface area contributed by atoms with Crippen molar-refractivity contribution in [3.63, 3.8) is 0 Å². The Hall–Kier alpha value is -3.54. The van der Waals surface area contributed by atoms with Gasteiger partial charge in [-0.05, 0) is 54.6 Å². The third-order valence-corrected chi connectivity index (χ3v) is 3.62. The molecule has 0 aliphatic heterocycles. The van der Waals surface area contributed by atoms with Crippen molar-refractivity contribution in [1.29, 1.82) is 0 Å². The van der Waals surface area contributed by atoms with Crippen LogP contribution in [0.1, 0.15) is 0 Å². The highest BCUT2D eigenvalue weighted by Crippen LogP contribution is 2.31. The van der Waals surface area contributed by atoms with E-state index in [2.05, 4.69) is 20.3 Å². The first-order valence-corrected chi connectivity index (χ1v) is 7.40. The van der Waals surface area contributed by atoms with E-state index in [-0.39, 0.29) is 5.75 Å². The predicted octanol–water partition coefficient (Wildman–Crippen LogP) is 4.54. The average molecular weight is 315 g/mol. The van der Waals surface area contributed by atoms with Crippen LogP contribution < -0.4 is 0 Å². The van der Waals surface area contributed by atoms with Crippen molar-refractivity contribution in [3.05, 3.63) is 73.2 Å². The van der Waals surface area contributed by atoms with Crippen LogP contribution in [-0.4, -0.2) is 19.9 Å². The van der Waals surface area contributed by atoms with E-state index in [4.69, 9.17) is 0 Å². The second kappa shape index (κ2) is 5.92. The molecule has 0 bridgehead atoms. The number of rotatable bonds is 3. The lowest BCUT2D eigenvalue weighted by atomic mass is 10.2. The number of hydrogen-bond acceptors (Lipinski definition) is 5. The number of phenols is 1. The fourth-order valence-electron chi connectivity index (χ4n) is 2.44. The molecule has 0 radical (unpaired) electrons. The number of azo groups is 1. The lowest BCUT2D eigenvalue weighted by molar-refractivity contribution is 0.480. The number of fused-ring (bicyclic) bond motifs is 1. The van der Waals surface area contributed by atoms with Gasteiger partial charge in [0.25, 0.3) is 0 Å². The van der Waals surface area contributed by atoms with Crippen molar-refractivity contribution < 1.29 is 5.11 Å². The van der Waals surface area contributed by atoms with Gasteiger partial charge in [0.05, 0.1) is 17.1 Å². The van der Waals surface area contributed by atoms with E-state index in [0.29, 0.717) is 11.2 Å². The van der Waals surface area contributed by atoms with Crippen molar-refractivity contribution in [1.82, 2.24) is 14.8 Å². The summed E-state index contributed by atoms with van der Waals surface area (Å²) in [6.45, 7) is 0. The fourth-order valence-corrected chi connectivity index (χ4v) is 2.44. The average Bonchev–Trinajstić information content (AvgIpc) is 3.17. The first-order valence-electron chi connectivity index (χ1n) is 7.40. The Balaban J connectivity index is 1.65. The SMILES string of the molecule is Oc1ccc(N=Nc2ccc(-n3cccn3)cc2)c2cccnc12. The lowest BCUT2D eigenvalue weighted by Crippen LogP contribution is -1.92. The van der Waals surface area contributed by atoms with Crippen molar-refractivity contribution in [3.8, 4) is 11.4 Å². The summed E-state index contributed by atoms with van der Waals surface area (Å²) in [5.41, 5.74) is 2.87. The van der Waals surface area contributed by atoms with Gasteiger partial charge in [0.2, 0.25) is 0 Å². The Bertz CT molecular complexity index is 1010. The van der Waals surface area contributed by atoms with Crippen LogP contribution in [0.25, 0.3) is 16.6 Å². The fraction of sp³-hybridized carbons (Fsp3) is 0. The molecule has 6 nitrogen and oxygen atoms in total. The van der Waals surface area contributed by atoms with Crippen molar-refractivity contribution in [2.45, 2.75) is 0 Å². The molecular formula is C18H13N5O. The van der Waals surface area contributed by atoms with Crippen LogP contribution in [0.15, 0.2) is 83.4 Å². The maximum Gasteiger partial charge on any atom is 0.141 e. The van der Waals surface area contributed by atoms with Gasteiger partial charge in [0.1, 0.15) is 11.3 Å². The van der Waals surface area contributed by atoms with E-state index in [1.807, 2.05) is 42.6 Å². The Kier molecular flexibility index (Phi) is 3.47. The molecule has 0 aliphatic carbocycles. The van der Waals surface area contributed by atoms with Crippen molar-refractivity contribution in [2.75, 3.05) is 0 Å². The number of pyridine rings is 1. The summed E-state index contributed by atoms with van der Waals surface area (Å²) < 4.78 is 1.78. The van der Waals surface area contributed by atoms with Crippen LogP contribution in [0.4, 0.5) is 11.4 Å². The number of aromatic nitrogens is 3. The number of hydrogen-bond donors (Lipinski definition) is 1. The molecule has 4 rings (SSSR count). The summed E-state index contributed by atoms with van der Waals surface area (Å²) in [4.78, 5) is 4.18. The summed E-state index contributed by atoms with van der Waals surface area (Å²) >= 11 is 0. The summed E-state index contributed by atoms with van der Waals surface area (Å²) in [6, 6.07) is 16.4. The second-order valence-electron chi connectivity index (χ2n) is 5.17. The molecule has 0 saturated carbocycles. The van der Waals surface area contributed by atoms with Crippen molar-refractivity contribution >= 4 is 22.3 Å². The monoisotopic (exact) mass is 315 g/mol. The molecule has 0 aliphatic rings. The number of aromatic hydroxyl groups is 1. The molecular weight excluding hydrogens is 302 g/mol. The summed E-state index contributed by atoms with van der Waals surface area (Å²) in [5.74, 6) is 0.133. The molecule has 0 amide bonds. The largest absolute Gasteiger partial charge is 0.506 e. The molecule has 1 N–H and O–H groups in total. The van der Waals surface area contributed by atoms with Gasteiger partial charge >= 0.3 is 0 Å². The minimum Gasteiger partial charge on any atom is -0.506 e. The molecule has 2 aromatic carbocycles. The number of benzene rings is 2. The Morgan fingerprint density at radius 3 is 2.54 bits per heavy atom. The molecule has 4 aromatic rings. The minimum absolute atomic E-state index is 0.133. The predicted molar refractivity (Wildman–Crippen MR) is 91.1 cm³/mol. The zero-order valence-electron chi connectivity index (χ0n) is 12.6. The first-order chi connectivity index (χ1) is 11.8. The first kappa shape index (κ1) is 14.1. The zero-order chi connectivity index (χ0) is 16.4. The van der Waals surface area contributed by atoms with Crippen LogP contribution in [0, 0.1) is 0 Å². The highest BCUT2D eigenvalue weighted by Gasteiger charge is 2.05. The van der Waals surface area contributed by atoms with E-state index < -0.39 is 0 Å². The van der Waals surface area contributed by atoms with E-state index >= 15 is 0 Å². The Labute approximate surface area is 137 Å². The van der Waals surface area contributed by atoms with Crippen LogP contribution in [0.3, 0.4) is 0 Å². The van der Waals surface area contributed by atoms with Gasteiger partial charge in [-0.15, -0.1) is 5.11 Å². The normalized spacial score (nSPS) is 11.3. The van der Waals surface area contributed by atoms with Crippen LogP contribution in [0.5, 0.6) is 5.75 Å². The second-order valence-corrected chi connectivity index (χ2v) is 5.17. The minimum atomic E-state index is 0.133. The van der Waals surface area contributed by atoms with E-state index in [1.165, 1.54) is 0 Å². The Morgan fingerprint density at radius 2 is 1.75 bits per heavy atom. The van der Waals surface area contributed by atoms with Gasteiger partial charge in [0.15, 0.2) is 0 Å². The standard InChI is InChI=1S/C18H13N5O/c24-17-9-8-16(15-3-1-10-19-18(15)17)22-21-13-4-6-14(7-5-13)23-12-2-11-20-23/h1-12,24H. The third kappa shape index (κ3) is 2.61. The number of nitrogens with zero attached hydrogens (tertiary/aromatic N) is 5. The molecule has 24 heavy (non-hydrogen) atoms. The highest BCUT2D eigenvalue weighted by molar-refractivity contribution is 5.93. The van der Waals surface area contributed by atoms with Gasteiger partial charge in [-0.3, -0.25) is 4.98 Å². The van der Waals surface area contributed by atoms with Gasteiger partial charge in [-0.2, -0.15) is 10.2 Å². The van der Waals surface area contributed by atoms with Gasteiger partial charge < -0.3 is 5.11 Å². The number of phenolic OH excluding ortho intramolecular Hbond substituents is 1. The van der Waals surface area contributed by atoms with E-state index in [9.17, 15) is 5.11 Å². The molecule has 2 aromatic heterocycles. The third-order valence-electron chi connectivity index (χ3n) is 3.62. The van der Waals surface area contributed by atoms with E-state index in [0.717, 1.165) is 16.8 Å². The summed E-state index contributed by atoms with van der Waals surface area (Å²) in [6.07, 6.45) is 5.25. The van der Waals surface area contributed by atoms with Crippen LogP contribution in [-0.2, 0) is 0 Å². The molecule has 0 atom stereocenters. The van der Waals surface area contributed by atoms with Crippen molar-refractivity contribution in [2.24, 2.45) is 10.2 Å². The maximum atomic E-state index is 9.86. The molecule has 0 unspecified atom stereocenters. The highest BCUT2D eigenvalue weighted by atomic mass is 16.3. The van der Waals surface area contributed by atoms with Gasteiger partial charge in [-0.25, -0.2) is 4.68 Å². The lowest BCUT2D eigenvalue weighted by Gasteiger charge is -2.03. The van der Waals surface area contributed by atoms with Crippen LogP contribution in [0.2, 0.25) is 0 Å². The van der Waals surface area contributed by atoms with Crippen LogP contribution >= 0.6 is 0 Å². The molecule has 2 heterocycles. The quantitative estimate of drug-likeness (QED) is 0.564. The summed E-state index contributed by atoms with van der Waals surface area (Å²) in [5, 5.41) is 23.4. The van der Waals surface area contributed by atoms with E-state index in [1.54, 1.807) is 35.3 Å². The molecule has 0 spiro atoms. The summed E-state index contributed by atoms with van der Waals surface area (Å²) in [7, 11) is 0. The molecule has 0 fully saturated rings. The zero-order valence-corrected chi connectivity index (χ0v) is 12.6. The van der Waals surface area contributed by atoms with Gasteiger partial charge in [0, 0.05) is 24.0 Å². The smallest absolute Gasteiger partial charge is 0.141 e.